The topological polar surface area (TPSA) is 25.4 Å². The van der Waals surface area contributed by atoms with Gasteiger partial charge in [-0.2, -0.15) is 0 Å². The maximum Gasteiger partial charge on any atom is 0.143 e. The molecular formula is C14H23BrN2O. The van der Waals surface area contributed by atoms with Crippen LogP contribution in [0.5, 0.6) is 0 Å². The van der Waals surface area contributed by atoms with Gasteiger partial charge in [0.15, 0.2) is 0 Å². The fourth-order valence-electron chi connectivity index (χ4n) is 2.12. The summed E-state index contributed by atoms with van der Waals surface area (Å²) in [7, 11) is 1.74. The number of pyridine rings is 1. The fourth-order valence-corrected chi connectivity index (χ4v) is 2.81. The third-order valence-corrected chi connectivity index (χ3v) is 3.73. The fraction of sp³-hybridized carbons (Fsp3) is 0.643. The number of methoxy groups -OCH3 is 1. The molecule has 0 amide bonds. The first-order valence-electron chi connectivity index (χ1n) is 6.51. The zero-order chi connectivity index (χ0) is 13.5. The van der Waals surface area contributed by atoms with Gasteiger partial charge in [-0.1, -0.05) is 13.8 Å². The summed E-state index contributed by atoms with van der Waals surface area (Å²) in [4.78, 5) is 6.91. The quantitative estimate of drug-likeness (QED) is 0.765. The minimum atomic E-state index is 0.506. The van der Waals surface area contributed by atoms with Crippen molar-refractivity contribution in [1.82, 2.24) is 4.98 Å². The van der Waals surface area contributed by atoms with Gasteiger partial charge in [-0.25, -0.2) is 4.98 Å². The molecule has 0 radical (unpaired) electrons. The predicted molar refractivity (Wildman–Crippen MR) is 80.3 cm³/mol. The summed E-state index contributed by atoms with van der Waals surface area (Å²) >= 11 is 3.62. The minimum absolute atomic E-state index is 0.506. The van der Waals surface area contributed by atoms with Gasteiger partial charge in [0, 0.05) is 25.9 Å². The first kappa shape index (κ1) is 15.4. The Balaban J connectivity index is 3.00. The van der Waals surface area contributed by atoms with Crippen LogP contribution in [-0.4, -0.2) is 31.3 Å². The second-order valence-corrected chi connectivity index (χ2v) is 5.33. The molecule has 1 heterocycles. The van der Waals surface area contributed by atoms with Gasteiger partial charge in [0.1, 0.15) is 5.82 Å². The highest BCUT2D eigenvalue weighted by Crippen LogP contribution is 2.27. The molecule has 1 rings (SSSR count). The molecule has 0 saturated heterocycles. The SMILES string of the molecule is CCC(CC)N(CCOC)c1ncc(C)cc1Br. The number of halogens is 1. The van der Waals surface area contributed by atoms with Crippen molar-refractivity contribution in [3.05, 3.63) is 22.3 Å². The van der Waals surface area contributed by atoms with E-state index in [4.69, 9.17) is 4.74 Å². The van der Waals surface area contributed by atoms with Crippen LogP contribution in [0, 0.1) is 6.92 Å². The van der Waals surface area contributed by atoms with Crippen molar-refractivity contribution in [1.29, 1.82) is 0 Å². The Morgan fingerprint density at radius 2 is 2.06 bits per heavy atom. The van der Waals surface area contributed by atoms with Gasteiger partial charge in [0.25, 0.3) is 0 Å². The normalized spacial score (nSPS) is 11.0. The zero-order valence-corrected chi connectivity index (χ0v) is 13.3. The van der Waals surface area contributed by atoms with Crippen LogP contribution in [0.15, 0.2) is 16.7 Å². The largest absolute Gasteiger partial charge is 0.383 e. The van der Waals surface area contributed by atoms with Crippen molar-refractivity contribution in [2.24, 2.45) is 0 Å². The summed E-state index contributed by atoms with van der Waals surface area (Å²) in [6.07, 6.45) is 4.15. The average molecular weight is 315 g/mol. The van der Waals surface area contributed by atoms with E-state index in [1.54, 1.807) is 7.11 Å². The molecule has 0 N–H and O–H groups in total. The predicted octanol–water partition coefficient (Wildman–Crippen LogP) is 3.79. The van der Waals surface area contributed by atoms with E-state index in [0.29, 0.717) is 6.04 Å². The number of nitrogens with zero attached hydrogens (tertiary/aromatic N) is 2. The molecule has 1 aromatic rings. The lowest BCUT2D eigenvalue weighted by Crippen LogP contribution is -2.38. The van der Waals surface area contributed by atoms with Crippen molar-refractivity contribution in [3.63, 3.8) is 0 Å². The van der Waals surface area contributed by atoms with E-state index >= 15 is 0 Å². The third kappa shape index (κ3) is 3.95. The lowest BCUT2D eigenvalue weighted by molar-refractivity contribution is 0.202. The van der Waals surface area contributed by atoms with Crippen molar-refractivity contribution in [2.45, 2.75) is 39.7 Å². The smallest absolute Gasteiger partial charge is 0.143 e. The molecule has 0 unspecified atom stereocenters. The molecule has 0 aromatic carbocycles. The number of rotatable bonds is 7. The highest BCUT2D eigenvalue weighted by Gasteiger charge is 2.18. The van der Waals surface area contributed by atoms with Crippen LogP contribution in [0.25, 0.3) is 0 Å². The zero-order valence-electron chi connectivity index (χ0n) is 11.7. The Kier molecular flexibility index (Phi) is 6.65. The molecule has 4 heteroatoms. The van der Waals surface area contributed by atoms with Gasteiger partial charge < -0.3 is 9.64 Å². The van der Waals surface area contributed by atoms with Crippen LogP contribution in [0.2, 0.25) is 0 Å². The Hall–Kier alpha value is -0.610. The van der Waals surface area contributed by atoms with Crippen molar-refractivity contribution < 1.29 is 4.74 Å². The van der Waals surface area contributed by atoms with Gasteiger partial charge >= 0.3 is 0 Å². The van der Waals surface area contributed by atoms with Crippen molar-refractivity contribution in [2.75, 3.05) is 25.2 Å². The van der Waals surface area contributed by atoms with E-state index in [0.717, 1.165) is 36.3 Å². The second kappa shape index (κ2) is 7.74. The summed E-state index contributed by atoms with van der Waals surface area (Å²) in [5.74, 6) is 1.02. The number of hydrogen-bond donors (Lipinski definition) is 0. The Morgan fingerprint density at radius 1 is 1.39 bits per heavy atom. The van der Waals surface area contributed by atoms with Gasteiger partial charge in [0.05, 0.1) is 11.1 Å². The summed E-state index contributed by atoms with van der Waals surface area (Å²) in [5.41, 5.74) is 1.17. The van der Waals surface area contributed by atoms with Gasteiger partial charge in [-0.05, 0) is 47.3 Å². The molecule has 0 atom stereocenters. The molecule has 0 spiro atoms. The van der Waals surface area contributed by atoms with Crippen molar-refractivity contribution in [3.8, 4) is 0 Å². The van der Waals surface area contributed by atoms with Crippen LogP contribution in [-0.2, 0) is 4.74 Å². The lowest BCUT2D eigenvalue weighted by atomic mass is 10.1. The van der Waals surface area contributed by atoms with E-state index < -0.39 is 0 Å². The van der Waals surface area contributed by atoms with Crippen LogP contribution in [0.4, 0.5) is 5.82 Å². The summed E-state index contributed by atoms with van der Waals surface area (Å²) in [6, 6.07) is 2.62. The summed E-state index contributed by atoms with van der Waals surface area (Å²) in [5, 5.41) is 0. The van der Waals surface area contributed by atoms with Crippen LogP contribution in [0.1, 0.15) is 32.3 Å². The highest BCUT2D eigenvalue weighted by molar-refractivity contribution is 9.10. The van der Waals surface area contributed by atoms with E-state index in [9.17, 15) is 0 Å². The second-order valence-electron chi connectivity index (χ2n) is 4.47. The Labute approximate surface area is 119 Å². The molecule has 18 heavy (non-hydrogen) atoms. The first-order chi connectivity index (χ1) is 8.63. The third-order valence-electron chi connectivity index (χ3n) is 3.15. The first-order valence-corrected chi connectivity index (χ1v) is 7.31. The molecular weight excluding hydrogens is 292 g/mol. The van der Waals surface area contributed by atoms with Crippen LogP contribution in [0.3, 0.4) is 0 Å². The number of aromatic nitrogens is 1. The van der Waals surface area contributed by atoms with Crippen LogP contribution < -0.4 is 4.90 Å². The standard InChI is InChI=1S/C14H23BrN2O/c1-5-12(6-2)17(7-8-18-4)14-13(15)9-11(3)10-16-14/h9-10,12H,5-8H2,1-4H3. The van der Waals surface area contributed by atoms with Gasteiger partial charge in [0.2, 0.25) is 0 Å². The maximum atomic E-state index is 5.21. The number of anilines is 1. The molecule has 0 fully saturated rings. The van der Waals surface area contributed by atoms with Gasteiger partial charge in [-0.3, -0.25) is 0 Å². The molecule has 0 bridgehead atoms. The number of aryl methyl sites for hydroxylation is 1. The molecule has 1 aromatic heterocycles. The molecule has 102 valence electrons. The monoisotopic (exact) mass is 314 g/mol. The van der Waals surface area contributed by atoms with E-state index in [2.05, 4.69) is 52.7 Å². The molecule has 0 aliphatic rings. The number of ether oxygens (including phenoxy) is 1. The molecule has 0 saturated carbocycles. The molecule has 0 aliphatic carbocycles. The Morgan fingerprint density at radius 3 is 2.56 bits per heavy atom. The highest BCUT2D eigenvalue weighted by atomic mass is 79.9. The van der Waals surface area contributed by atoms with Crippen LogP contribution >= 0.6 is 15.9 Å². The molecule has 0 aliphatic heterocycles. The minimum Gasteiger partial charge on any atom is -0.383 e. The summed E-state index contributed by atoms with van der Waals surface area (Å²) < 4.78 is 6.27. The van der Waals surface area contributed by atoms with E-state index in [1.165, 1.54) is 5.56 Å². The average Bonchev–Trinajstić information content (AvgIpc) is 2.35. The lowest BCUT2D eigenvalue weighted by Gasteiger charge is -2.32. The van der Waals surface area contributed by atoms with E-state index in [-0.39, 0.29) is 0 Å². The molecule has 3 nitrogen and oxygen atoms in total. The van der Waals surface area contributed by atoms with Crippen molar-refractivity contribution >= 4 is 21.7 Å². The summed E-state index contributed by atoms with van der Waals surface area (Å²) in [6.45, 7) is 8.08. The maximum absolute atomic E-state index is 5.21. The van der Waals surface area contributed by atoms with Gasteiger partial charge in [-0.15, -0.1) is 0 Å². The number of hydrogen-bond acceptors (Lipinski definition) is 3. The van der Waals surface area contributed by atoms with E-state index in [1.807, 2.05) is 6.20 Å². The Bertz CT molecular complexity index is 367.